The van der Waals surface area contributed by atoms with Gasteiger partial charge in [-0.2, -0.15) is 0 Å². The average molecular weight is 573 g/mol. The van der Waals surface area contributed by atoms with Crippen molar-refractivity contribution in [3.05, 3.63) is 77.9 Å². The fraction of sp³-hybridized carbons (Fsp3) is 0.438. The molecule has 3 aliphatic rings. The minimum atomic E-state index is -0.816. The molecule has 4 N–H and O–H groups in total. The number of ether oxygens (including phenoxy) is 1. The number of aliphatic imine (C=N–C) groups is 1. The predicted octanol–water partition coefficient (Wildman–Crippen LogP) is 3.60. The number of esters is 1. The highest BCUT2D eigenvalue weighted by Gasteiger charge is 2.27. The lowest BCUT2D eigenvalue weighted by Gasteiger charge is -2.29. The number of nitrogens with two attached hydrogens (primary N) is 1. The van der Waals surface area contributed by atoms with E-state index in [1.807, 2.05) is 18.5 Å². The van der Waals surface area contributed by atoms with E-state index in [1.165, 1.54) is 5.56 Å². The van der Waals surface area contributed by atoms with Gasteiger partial charge in [0.1, 0.15) is 5.75 Å². The van der Waals surface area contributed by atoms with Crippen LogP contribution in [-0.4, -0.2) is 70.1 Å². The zero-order valence-corrected chi connectivity index (χ0v) is 24.0. The number of aromatic nitrogens is 2. The minimum Gasteiger partial charge on any atom is -0.481 e. The van der Waals surface area contributed by atoms with Gasteiger partial charge in [-0.1, -0.05) is 30.3 Å². The molecule has 2 aromatic carbocycles. The van der Waals surface area contributed by atoms with Gasteiger partial charge in [0.25, 0.3) is 0 Å². The Morgan fingerprint density at radius 2 is 1.76 bits per heavy atom. The van der Waals surface area contributed by atoms with E-state index < -0.39 is 5.97 Å². The summed E-state index contributed by atoms with van der Waals surface area (Å²) >= 11 is 0. The molecule has 0 unspecified atom stereocenters. The molecule has 6 rings (SSSR count). The third kappa shape index (κ3) is 7.63. The summed E-state index contributed by atoms with van der Waals surface area (Å²) in [5.41, 5.74) is 8.88. The second-order valence-corrected chi connectivity index (χ2v) is 11.1. The Balaban J connectivity index is 0.000000168. The van der Waals surface area contributed by atoms with Gasteiger partial charge in [-0.3, -0.25) is 9.59 Å². The summed E-state index contributed by atoms with van der Waals surface area (Å²) in [5, 5.41) is 12.0. The number of nitrogens with one attached hydrogen (secondary N) is 1. The van der Waals surface area contributed by atoms with Crippen LogP contribution < -0.4 is 15.8 Å². The fourth-order valence-corrected chi connectivity index (χ4v) is 5.64. The molecule has 10 nitrogen and oxygen atoms in total. The molecule has 1 saturated heterocycles. The molecule has 1 aliphatic carbocycles. The predicted molar refractivity (Wildman–Crippen MR) is 161 cm³/mol. The van der Waals surface area contributed by atoms with E-state index in [1.54, 1.807) is 24.3 Å². The SMILES string of the molecule is NCC1CCC(C(=O)Oc2ccc(CCC(=O)O)cc2)CC1.c1ccc2c(c1)Cn1ccnc1C(N1CCNCC1)=N2. The summed E-state index contributed by atoms with van der Waals surface area (Å²) in [7, 11) is 0. The number of carbonyl (C=O) groups excluding carboxylic acids is 1. The number of aliphatic carboxylic acids is 1. The lowest BCUT2D eigenvalue weighted by Crippen LogP contribution is -2.47. The topological polar surface area (TPSA) is 135 Å². The molecule has 222 valence electrons. The third-order valence-electron chi connectivity index (χ3n) is 8.17. The number of hydrogen-bond acceptors (Lipinski definition) is 8. The van der Waals surface area contributed by atoms with Crippen LogP contribution in [0.1, 0.15) is 49.1 Å². The molecule has 42 heavy (non-hydrogen) atoms. The van der Waals surface area contributed by atoms with Crippen molar-refractivity contribution < 1.29 is 19.4 Å². The van der Waals surface area contributed by atoms with E-state index in [2.05, 4.69) is 38.0 Å². The maximum atomic E-state index is 12.1. The lowest BCUT2D eigenvalue weighted by molar-refractivity contribution is -0.140. The Morgan fingerprint density at radius 1 is 1.02 bits per heavy atom. The molecule has 10 heteroatoms. The number of hydrogen-bond donors (Lipinski definition) is 3. The van der Waals surface area contributed by atoms with Gasteiger partial charge in [0.05, 0.1) is 18.2 Å². The summed E-state index contributed by atoms with van der Waals surface area (Å²) in [6, 6.07) is 15.4. The number of carbonyl (C=O) groups is 2. The second-order valence-electron chi connectivity index (χ2n) is 11.1. The molecular formula is C32H40N6O4. The Morgan fingerprint density at radius 3 is 2.48 bits per heavy atom. The summed E-state index contributed by atoms with van der Waals surface area (Å²) in [6.07, 6.45) is 8.15. The molecule has 0 spiro atoms. The van der Waals surface area contributed by atoms with Gasteiger partial charge >= 0.3 is 11.9 Å². The third-order valence-corrected chi connectivity index (χ3v) is 8.17. The highest BCUT2D eigenvalue weighted by molar-refractivity contribution is 5.98. The Bertz CT molecular complexity index is 1370. The number of rotatable bonds is 6. The smallest absolute Gasteiger partial charge is 0.314 e. The lowest BCUT2D eigenvalue weighted by atomic mass is 9.82. The van der Waals surface area contributed by atoms with Crippen LogP contribution in [0.15, 0.2) is 65.9 Å². The van der Waals surface area contributed by atoms with Crippen molar-refractivity contribution in [1.29, 1.82) is 0 Å². The van der Waals surface area contributed by atoms with E-state index in [0.29, 0.717) is 24.6 Å². The zero-order valence-electron chi connectivity index (χ0n) is 24.0. The minimum absolute atomic E-state index is 0.0329. The van der Waals surface area contributed by atoms with E-state index in [-0.39, 0.29) is 18.3 Å². The normalized spacial score (nSPS) is 19.7. The summed E-state index contributed by atoms with van der Waals surface area (Å²) < 4.78 is 7.60. The Kier molecular flexibility index (Phi) is 9.99. The van der Waals surface area contributed by atoms with Crippen LogP contribution in [0.5, 0.6) is 5.75 Å². The molecule has 1 aromatic heterocycles. The van der Waals surface area contributed by atoms with Crippen LogP contribution in [0.25, 0.3) is 0 Å². The number of piperazine rings is 1. The van der Waals surface area contributed by atoms with Crippen molar-refractivity contribution in [3.63, 3.8) is 0 Å². The number of benzene rings is 2. The molecule has 0 amide bonds. The number of aryl methyl sites for hydroxylation is 1. The van der Waals surface area contributed by atoms with Gasteiger partial charge < -0.3 is 30.4 Å². The number of carboxylic acid groups (broad SMARTS) is 1. The van der Waals surface area contributed by atoms with E-state index >= 15 is 0 Å². The average Bonchev–Trinajstić information content (AvgIpc) is 3.42. The van der Waals surface area contributed by atoms with Crippen molar-refractivity contribution in [1.82, 2.24) is 19.8 Å². The molecule has 0 atom stereocenters. The van der Waals surface area contributed by atoms with Crippen LogP contribution in [0, 0.1) is 11.8 Å². The first-order valence-electron chi connectivity index (χ1n) is 14.9. The summed E-state index contributed by atoms with van der Waals surface area (Å²) in [5.74, 6) is 2.01. The van der Waals surface area contributed by atoms with Gasteiger partial charge in [0, 0.05) is 45.0 Å². The standard InChI is InChI=1S/C17H23NO4.C15H17N5/c18-11-13-1-6-14(7-2-13)17(21)22-15-8-3-12(4-9-15)5-10-16(19)20;1-2-4-13-12(3-1)11-20-10-7-17-14(20)15(18-13)19-8-5-16-6-9-19/h3-4,8-9,13-14H,1-2,5-7,10-11,18H2,(H,19,20);1-4,7,10,16H,5-6,8-9,11H2. The van der Waals surface area contributed by atoms with Gasteiger partial charge in [-0.05, 0) is 73.9 Å². The van der Waals surface area contributed by atoms with Crippen LogP contribution in [-0.2, 0) is 22.6 Å². The molecule has 0 radical (unpaired) electrons. The van der Waals surface area contributed by atoms with Gasteiger partial charge in [-0.25, -0.2) is 9.98 Å². The second kappa shape index (κ2) is 14.2. The number of nitrogens with zero attached hydrogens (tertiary/aromatic N) is 4. The van der Waals surface area contributed by atoms with E-state index in [4.69, 9.17) is 20.6 Å². The molecular weight excluding hydrogens is 532 g/mol. The largest absolute Gasteiger partial charge is 0.481 e. The maximum absolute atomic E-state index is 12.1. The summed E-state index contributed by atoms with van der Waals surface area (Å²) in [4.78, 5) is 34.4. The monoisotopic (exact) mass is 572 g/mol. The number of imidazole rings is 1. The van der Waals surface area contributed by atoms with E-state index in [9.17, 15) is 9.59 Å². The van der Waals surface area contributed by atoms with Crippen molar-refractivity contribution >= 4 is 23.5 Å². The number of amidine groups is 1. The maximum Gasteiger partial charge on any atom is 0.314 e. The van der Waals surface area contributed by atoms with Crippen LogP contribution in [0.2, 0.25) is 0 Å². The van der Waals surface area contributed by atoms with Crippen molar-refractivity contribution in [2.24, 2.45) is 22.6 Å². The first kappa shape index (κ1) is 29.5. The Hall–Kier alpha value is -4.02. The van der Waals surface area contributed by atoms with Gasteiger partial charge in [0.15, 0.2) is 11.7 Å². The molecule has 2 fully saturated rings. The quantitative estimate of drug-likeness (QED) is 0.301. The number of carboxylic acids is 1. The van der Waals surface area contributed by atoms with Crippen molar-refractivity contribution in [2.75, 3.05) is 32.7 Å². The van der Waals surface area contributed by atoms with Crippen LogP contribution in [0.3, 0.4) is 0 Å². The highest BCUT2D eigenvalue weighted by atomic mass is 16.5. The van der Waals surface area contributed by atoms with E-state index in [0.717, 1.165) is 81.3 Å². The fourth-order valence-electron chi connectivity index (χ4n) is 5.64. The molecule has 2 aliphatic heterocycles. The first-order chi connectivity index (χ1) is 20.5. The molecule has 0 bridgehead atoms. The Labute approximate surface area is 246 Å². The van der Waals surface area contributed by atoms with Crippen molar-refractivity contribution in [2.45, 2.75) is 45.1 Å². The van der Waals surface area contributed by atoms with Gasteiger partial charge in [-0.15, -0.1) is 0 Å². The number of fused-ring (bicyclic) bond motifs is 2. The molecule has 1 saturated carbocycles. The molecule has 3 aromatic rings. The zero-order chi connectivity index (χ0) is 29.3. The molecule has 3 heterocycles. The van der Waals surface area contributed by atoms with Gasteiger partial charge in [0.2, 0.25) is 0 Å². The first-order valence-corrected chi connectivity index (χ1v) is 14.9. The van der Waals surface area contributed by atoms with Crippen LogP contribution in [0.4, 0.5) is 5.69 Å². The number of para-hydroxylation sites is 1. The summed E-state index contributed by atoms with van der Waals surface area (Å²) in [6.45, 7) is 5.49. The highest BCUT2D eigenvalue weighted by Crippen LogP contribution is 2.30. The van der Waals surface area contributed by atoms with Crippen molar-refractivity contribution in [3.8, 4) is 5.75 Å². The van der Waals surface area contributed by atoms with Crippen LogP contribution >= 0.6 is 0 Å².